The molecule has 0 radical (unpaired) electrons. The smallest absolute Gasteiger partial charge is 0.221 e. The molecule has 0 spiro atoms. The number of hydrogen-bond donors (Lipinski definition) is 1. The molecule has 3 aromatic rings. The highest BCUT2D eigenvalue weighted by Crippen LogP contribution is 2.39. The minimum atomic E-state index is 0.133. The van der Waals surface area contributed by atoms with Gasteiger partial charge in [0.15, 0.2) is 5.69 Å². The van der Waals surface area contributed by atoms with E-state index in [1.54, 1.807) is 0 Å². The molecule has 0 unspecified atom stereocenters. The summed E-state index contributed by atoms with van der Waals surface area (Å²) in [5.74, 6) is 0.133. The first-order chi connectivity index (χ1) is 16.1. The van der Waals surface area contributed by atoms with E-state index in [-0.39, 0.29) is 5.88 Å². The Hall–Kier alpha value is -2.81. The van der Waals surface area contributed by atoms with Gasteiger partial charge in [-0.2, -0.15) is 0 Å². The highest BCUT2D eigenvalue weighted by molar-refractivity contribution is 7.80. The molecule has 33 heavy (non-hydrogen) atoms. The second-order valence-corrected chi connectivity index (χ2v) is 8.66. The molecule has 1 fully saturated rings. The first-order valence-corrected chi connectivity index (χ1v) is 12.0. The van der Waals surface area contributed by atoms with Gasteiger partial charge in [0.2, 0.25) is 11.0 Å². The fourth-order valence-electron chi connectivity index (χ4n) is 4.29. The number of aromatic nitrogens is 1. The van der Waals surface area contributed by atoms with Gasteiger partial charge >= 0.3 is 0 Å². The lowest BCUT2D eigenvalue weighted by molar-refractivity contribution is 0.102. The van der Waals surface area contributed by atoms with Gasteiger partial charge in [-0.15, -0.1) is 10.2 Å². The van der Waals surface area contributed by atoms with Gasteiger partial charge < -0.3 is 10.0 Å². The standard InChI is InChI=1S/C25H32N6OS/c1-3-30(4-2)25(33)27-26-23-21-12-8-9-13-22(21)31(24(23)32)19-29-16-14-28(15-17-29)18-20-10-6-5-7-11-20/h5-13,32H,3-4,14-19H2,1-2H3. The minimum absolute atomic E-state index is 0.133. The molecule has 2 heterocycles. The summed E-state index contributed by atoms with van der Waals surface area (Å²) >= 11 is 5.40. The Morgan fingerprint density at radius 1 is 0.939 bits per heavy atom. The minimum Gasteiger partial charge on any atom is -0.493 e. The van der Waals surface area contributed by atoms with E-state index < -0.39 is 0 Å². The van der Waals surface area contributed by atoms with Crippen molar-refractivity contribution < 1.29 is 5.11 Å². The summed E-state index contributed by atoms with van der Waals surface area (Å²) in [6, 6.07) is 18.5. The quantitative estimate of drug-likeness (QED) is 0.401. The van der Waals surface area contributed by atoms with Gasteiger partial charge in [-0.1, -0.05) is 48.5 Å². The van der Waals surface area contributed by atoms with Crippen molar-refractivity contribution in [2.45, 2.75) is 27.1 Å². The van der Waals surface area contributed by atoms with E-state index in [4.69, 9.17) is 12.2 Å². The number of rotatable bonds is 7. The van der Waals surface area contributed by atoms with Crippen LogP contribution in [-0.4, -0.2) is 68.8 Å². The summed E-state index contributed by atoms with van der Waals surface area (Å²) in [5.41, 5.74) is 2.77. The second-order valence-electron chi connectivity index (χ2n) is 8.29. The van der Waals surface area contributed by atoms with Gasteiger partial charge in [0, 0.05) is 51.2 Å². The lowest BCUT2D eigenvalue weighted by Gasteiger charge is -2.35. The van der Waals surface area contributed by atoms with Crippen molar-refractivity contribution >= 4 is 33.9 Å². The summed E-state index contributed by atoms with van der Waals surface area (Å²) in [4.78, 5) is 6.81. The van der Waals surface area contributed by atoms with E-state index in [1.165, 1.54) is 5.56 Å². The third-order valence-electron chi connectivity index (χ3n) is 6.24. The second kappa shape index (κ2) is 10.9. The van der Waals surface area contributed by atoms with Crippen LogP contribution in [0.2, 0.25) is 0 Å². The van der Waals surface area contributed by atoms with Gasteiger partial charge in [0.25, 0.3) is 0 Å². The van der Waals surface area contributed by atoms with Crippen LogP contribution in [0.4, 0.5) is 5.69 Å². The molecule has 0 aliphatic carbocycles. The molecular formula is C25H32N6OS. The first-order valence-electron chi connectivity index (χ1n) is 11.6. The van der Waals surface area contributed by atoms with E-state index in [0.717, 1.165) is 56.7 Å². The van der Waals surface area contributed by atoms with Crippen molar-refractivity contribution in [3.63, 3.8) is 0 Å². The van der Waals surface area contributed by atoms with Crippen LogP contribution in [0, 0.1) is 0 Å². The number of para-hydroxylation sites is 1. The molecule has 7 nitrogen and oxygen atoms in total. The maximum absolute atomic E-state index is 11.1. The van der Waals surface area contributed by atoms with Gasteiger partial charge in [0.05, 0.1) is 12.2 Å². The number of nitrogens with zero attached hydrogens (tertiary/aromatic N) is 6. The van der Waals surface area contributed by atoms with Crippen LogP contribution in [0.25, 0.3) is 10.9 Å². The van der Waals surface area contributed by atoms with Crippen molar-refractivity contribution in [1.82, 2.24) is 19.3 Å². The zero-order valence-electron chi connectivity index (χ0n) is 19.4. The van der Waals surface area contributed by atoms with E-state index in [1.807, 2.05) is 47.6 Å². The lowest BCUT2D eigenvalue weighted by atomic mass is 10.2. The van der Waals surface area contributed by atoms with Crippen molar-refractivity contribution in [2.75, 3.05) is 39.3 Å². The highest BCUT2D eigenvalue weighted by Gasteiger charge is 2.22. The number of azo groups is 1. The summed E-state index contributed by atoms with van der Waals surface area (Å²) in [7, 11) is 0. The predicted molar refractivity (Wildman–Crippen MR) is 137 cm³/mol. The van der Waals surface area contributed by atoms with Crippen LogP contribution in [0.15, 0.2) is 64.8 Å². The van der Waals surface area contributed by atoms with Crippen molar-refractivity contribution in [2.24, 2.45) is 10.2 Å². The normalized spacial score (nSPS) is 15.5. The maximum atomic E-state index is 11.1. The molecule has 8 heteroatoms. The average Bonchev–Trinajstić information content (AvgIpc) is 3.11. The number of benzene rings is 2. The van der Waals surface area contributed by atoms with Gasteiger partial charge in [0.1, 0.15) is 0 Å². The summed E-state index contributed by atoms with van der Waals surface area (Å²) in [5, 5.41) is 21.0. The monoisotopic (exact) mass is 464 g/mol. The Kier molecular flexibility index (Phi) is 7.69. The number of hydrogen-bond acceptors (Lipinski definition) is 5. The molecule has 0 bridgehead atoms. The van der Waals surface area contributed by atoms with E-state index in [0.29, 0.717) is 17.5 Å². The van der Waals surface area contributed by atoms with E-state index in [9.17, 15) is 5.11 Å². The molecule has 1 saturated heterocycles. The Balaban J connectivity index is 1.47. The molecule has 0 atom stereocenters. The Labute approximate surface area is 200 Å². The van der Waals surface area contributed by atoms with Crippen molar-refractivity contribution in [3.05, 3.63) is 60.2 Å². The van der Waals surface area contributed by atoms with Crippen LogP contribution in [0.3, 0.4) is 0 Å². The van der Waals surface area contributed by atoms with Crippen LogP contribution in [0.5, 0.6) is 5.88 Å². The Morgan fingerprint density at radius 3 is 2.27 bits per heavy atom. The molecular weight excluding hydrogens is 432 g/mol. The summed E-state index contributed by atoms with van der Waals surface area (Å²) < 4.78 is 1.93. The fraction of sp³-hybridized carbons (Fsp3) is 0.400. The maximum Gasteiger partial charge on any atom is 0.221 e. The zero-order valence-corrected chi connectivity index (χ0v) is 20.2. The molecule has 0 amide bonds. The molecule has 174 valence electrons. The van der Waals surface area contributed by atoms with Crippen LogP contribution < -0.4 is 0 Å². The largest absolute Gasteiger partial charge is 0.493 e. The predicted octanol–water partition coefficient (Wildman–Crippen LogP) is 4.83. The molecule has 1 aromatic heterocycles. The Morgan fingerprint density at radius 2 is 1.58 bits per heavy atom. The van der Waals surface area contributed by atoms with Gasteiger partial charge in [-0.3, -0.25) is 14.4 Å². The Bertz CT molecular complexity index is 1100. The third-order valence-corrected chi connectivity index (χ3v) is 6.58. The highest BCUT2D eigenvalue weighted by atomic mass is 32.1. The number of fused-ring (bicyclic) bond motifs is 1. The molecule has 4 rings (SSSR count). The summed E-state index contributed by atoms with van der Waals surface area (Å²) in [6.07, 6.45) is 0. The third kappa shape index (κ3) is 5.40. The van der Waals surface area contributed by atoms with Crippen LogP contribution in [-0.2, 0) is 13.2 Å². The molecule has 0 saturated carbocycles. The SMILES string of the molecule is CCN(CC)C(=S)N=Nc1c(O)n(CN2CCN(Cc3ccccc3)CC2)c2ccccc12. The van der Waals surface area contributed by atoms with Crippen LogP contribution in [0.1, 0.15) is 19.4 Å². The van der Waals surface area contributed by atoms with Crippen LogP contribution >= 0.6 is 12.2 Å². The molecule has 1 N–H and O–H groups in total. The topological polar surface area (TPSA) is 59.6 Å². The first kappa shape index (κ1) is 23.4. The van der Waals surface area contributed by atoms with E-state index >= 15 is 0 Å². The molecule has 1 aliphatic rings. The average molecular weight is 465 g/mol. The van der Waals surface area contributed by atoms with Gasteiger partial charge in [-0.05, 0) is 37.7 Å². The van der Waals surface area contributed by atoms with Gasteiger partial charge in [-0.25, -0.2) is 0 Å². The summed E-state index contributed by atoms with van der Waals surface area (Å²) in [6.45, 7) is 11.1. The fourth-order valence-corrected chi connectivity index (χ4v) is 4.59. The lowest BCUT2D eigenvalue weighted by Crippen LogP contribution is -2.46. The number of aromatic hydroxyl groups is 1. The molecule has 1 aliphatic heterocycles. The number of piperazine rings is 1. The van der Waals surface area contributed by atoms with E-state index in [2.05, 4.69) is 50.4 Å². The van der Waals surface area contributed by atoms with Crippen molar-refractivity contribution in [3.8, 4) is 5.88 Å². The van der Waals surface area contributed by atoms with Crippen molar-refractivity contribution in [1.29, 1.82) is 0 Å². The molecule has 2 aromatic carbocycles. The number of thiocarbonyl (C=S) groups is 1. The zero-order chi connectivity index (χ0) is 23.2.